The number of benzene rings is 1. The van der Waals surface area contributed by atoms with Gasteiger partial charge in [-0.15, -0.1) is 0 Å². The van der Waals surface area contributed by atoms with Crippen molar-refractivity contribution in [3.63, 3.8) is 0 Å². The topological polar surface area (TPSA) is 81.1 Å². The highest BCUT2D eigenvalue weighted by Gasteiger charge is 2.34. The number of nitrogens with zero attached hydrogens (tertiary/aromatic N) is 2. The van der Waals surface area contributed by atoms with Crippen LogP contribution in [0.25, 0.3) is 0 Å². The highest BCUT2D eigenvalue weighted by Crippen LogP contribution is 2.38. The van der Waals surface area contributed by atoms with Crippen LogP contribution in [0.15, 0.2) is 18.2 Å². The Hall–Kier alpha value is -1.58. The second-order valence-corrected chi connectivity index (χ2v) is 9.94. The molecule has 2 aliphatic rings. The fraction of sp³-hybridized carbons (Fsp3) is 0.375. The fourth-order valence-electron chi connectivity index (χ4n) is 3.28. The molecular weight excluding hydrogens is 401 g/mol. The number of rotatable bonds is 3. The van der Waals surface area contributed by atoms with Gasteiger partial charge in [0.05, 0.1) is 33.8 Å². The average molecular weight is 416 g/mol. The van der Waals surface area contributed by atoms with Gasteiger partial charge in [-0.25, -0.2) is 17.5 Å². The molecular formula is C16H15ClFN3O3S2. The van der Waals surface area contributed by atoms with E-state index >= 15 is 0 Å². The molecule has 10 heteroatoms. The van der Waals surface area contributed by atoms with Gasteiger partial charge in [-0.2, -0.15) is 16.9 Å². The summed E-state index contributed by atoms with van der Waals surface area (Å²) in [6, 6.07) is 3.71. The lowest BCUT2D eigenvalue weighted by atomic mass is 10.2. The fourth-order valence-corrected chi connectivity index (χ4v) is 6.26. The largest absolute Gasteiger partial charge is 0.306 e. The van der Waals surface area contributed by atoms with Crippen LogP contribution in [0.5, 0.6) is 0 Å². The smallest absolute Gasteiger partial charge is 0.261 e. The minimum Gasteiger partial charge on any atom is -0.306 e. The van der Waals surface area contributed by atoms with Crippen molar-refractivity contribution < 1.29 is 17.6 Å². The Morgan fingerprint density at radius 3 is 2.88 bits per heavy atom. The number of amides is 1. The molecule has 0 spiro atoms. The van der Waals surface area contributed by atoms with Crippen LogP contribution in [0.2, 0.25) is 5.02 Å². The zero-order valence-corrected chi connectivity index (χ0v) is 15.9. The molecule has 6 nitrogen and oxygen atoms in total. The first-order chi connectivity index (χ1) is 12.4. The Labute approximate surface area is 159 Å². The first-order valence-electron chi connectivity index (χ1n) is 7.99. The summed E-state index contributed by atoms with van der Waals surface area (Å²) in [6.45, 7) is 0. The molecule has 2 aliphatic heterocycles. The minimum atomic E-state index is -3.11. The first kappa shape index (κ1) is 17.8. The lowest BCUT2D eigenvalue weighted by Crippen LogP contribution is -2.21. The molecule has 1 amide bonds. The third-order valence-electron chi connectivity index (χ3n) is 4.55. The number of anilines is 1. The summed E-state index contributed by atoms with van der Waals surface area (Å²) in [5, 5.41) is 7.26. The molecule has 1 aromatic carbocycles. The van der Waals surface area contributed by atoms with Crippen molar-refractivity contribution in [1.29, 1.82) is 0 Å². The van der Waals surface area contributed by atoms with Gasteiger partial charge in [0.1, 0.15) is 11.6 Å². The summed E-state index contributed by atoms with van der Waals surface area (Å²) in [6.07, 6.45) is 0.444. The van der Waals surface area contributed by atoms with Crippen LogP contribution in [0.1, 0.15) is 34.1 Å². The summed E-state index contributed by atoms with van der Waals surface area (Å²) in [7, 11) is -3.11. The molecule has 1 fully saturated rings. The van der Waals surface area contributed by atoms with Gasteiger partial charge in [0.25, 0.3) is 5.91 Å². The molecule has 138 valence electrons. The molecule has 0 radical (unpaired) electrons. The van der Waals surface area contributed by atoms with E-state index in [-0.39, 0.29) is 28.1 Å². The minimum absolute atomic E-state index is 0.00989. The number of hydrogen-bond acceptors (Lipinski definition) is 5. The number of aromatic nitrogens is 2. The third kappa shape index (κ3) is 3.12. The molecule has 3 heterocycles. The molecule has 1 aromatic heterocycles. The molecule has 1 unspecified atom stereocenters. The van der Waals surface area contributed by atoms with Gasteiger partial charge in [0, 0.05) is 17.1 Å². The van der Waals surface area contributed by atoms with Gasteiger partial charge in [-0.1, -0.05) is 17.7 Å². The van der Waals surface area contributed by atoms with Gasteiger partial charge >= 0.3 is 0 Å². The Morgan fingerprint density at radius 2 is 2.19 bits per heavy atom. The van der Waals surface area contributed by atoms with Crippen molar-refractivity contribution in [3.8, 4) is 0 Å². The van der Waals surface area contributed by atoms with E-state index in [1.165, 1.54) is 18.2 Å². The molecule has 0 aliphatic carbocycles. The molecule has 1 atom stereocenters. The van der Waals surface area contributed by atoms with E-state index in [0.717, 1.165) is 11.3 Å². The zero-order valence-electron chi connectivity index (χ0n) is 13.5. The SMILES string of the molecule is O=C(Nc1c2c(nn1C1CCS(=O)(=O)C1)CSC2)c1c(F)cccc1Cl. The number of carbonyl (C=O) groups excluding carboxylic acids is 1. The first-order valence-corrected chi connectivity index (χ1v) is 11.3. The number of fused-ring (bicyclic) bond motifs is 1. The van der Waals surface area contributed by atoms with Crippen molar-refractivity contribution >= 4 is 44.9 Å². The van der Waals surface area contributed by atoms with E-state index in [0.29, 0.717) is 23.7 Å². The maximum atomic E-state index is 14.1. The van der Waals surface area contributed by atoms with Gasteiger partial charge in [0.15, 0.2) is 9.84 Å². The zero-order chi connectivity index (χ0) is 18.5. The third-order valence-corrected chi connectivity index (χ3v) is 7.59. The monoisotopic (exact) mass is 415 g/mol. The van der Waals surface area contributed by atoms with Gasteiger partial charge in [-0.3, -0.25) is 4.79 Å². The van der Waals surface area contributed by atoms with Crippen molar-refractivity contribution in [2.75, 3.05) is 16.8 Å². The Bertz CT molecular complexity index is 986. The highest BCUT2D eigenvalue weighted by atomic mass is 35.5. The van der Waals surface area contributed by atoms with Crippen molar-refractivity contribution in [3.05, 3.63) is 45.9 Å². The highest BCUT2D eigenvalue weighted by molar-refractivity contribution is 7.98. The lowest BCUT2D eigenvalue weighted by Gasteiger charge is -2.16. The number of thioether (sulfide) groups is 1. The Balaban J connectivity index is 1.71. The van der Waals surface area contributed by atoms with E-state index in [1.807, 2.05) is 0 Å². The normalized spacial score (nSPS) is 20.9. The van der Waals surface area contributed by atoms with E-state index in [9.17, 15) is 17.6 Å². The number of sulfone groups is 1. The maximum Gasteiger partial charge on any atom is 0.261 e. The maximum absolute atomic E-state index is 14.1. The Morgan fingerprint density at radius 1 is 1.38 bits per heavy atom. The second-order valence-electron chi connectivity index (χ2n) is 6.32. The molecule has 26 heavy (non-hydrogen) atoms. The molecule has 4 rings (SSSR count). The molecule has 0 bridgehead atoms. The summed E-state index contributed by atoms with van der Waals surface area (Å²) in [4.78, 5) is 12.6. The molecule has 1 N–H and O–H groups in total. The quantitative estimate of drug-likeness (QED) is 0.833. The van der Waals surface area contributed by atoms with Crippen LogP contribution in [-0.4, -0.2) is 35.6 Å². The van der Waals surface area contributed by atoms with Gasteiger partial charge in [0.2, 0.25) is 0 Å². The predicted molar refractivity (Wildman–Crippen MR) is 98.9 cm³/mol. The van der Waals surface area contributed by atoms with Crippen LogP contribution in [0.4, 0.5) is 10.2 Å². The van der Waals surface area contributed by atoms with Crippen LogP contribution in [-0.2, 0) is 21.3 Å². The Kier molecular flexibility index (Phi) is 4.48. The number of hydrogen-bond donors (Lipinski definition) is 1. The summed E-state index contributed by atoms with van der Waals surface area (Å²) < 4.78 is 39.3. The van der Waals surface area contributed by atoms with Crippen LogP contribution < -0.4 is 5.32 Å². The van der Waals surface area contributed by atoms with E-state index < -0.39 is 21.6 Å². The van der Waals surface area contributed by atoms with Crippen molar-refractivity contribution in [2.45, 2.75) is 24.0 Å². The summed E-state index contributed by atoms with van der Waals surface area (Å²) in [5.74, 6) is 0.510. The summed E-state index contributed by atoms with van der Waals surface area (Å²) in [5.41, 5.74) is 1.45. The second kappa shape index (κ2) is 6.54. The molecule has 2 aromatic rings. The lowest BCUT2D eigenvalue weighted by molar-refractivity contribution is 0.102. The van der Waals surface area contributed by atoms with E-state index in [2.05, 4.69) is 10.4 Å². The van der Waals surface area contributed by atoms with Crippen molar-refractivity contribution in [1.82, 2.24) is 9.78 Å². The molecule has 0 saturated carbocycles. The average Bonchev–Trinajstić information content (AvgIpc) is 3.23. The van der Waals surface area contributed by atoms with Gasteiger partial charge in [-0.05, 0) is 18.6 Å². The summed E-state index contributed by atoms with van der Waals surface area (Å²) >= 11 is 7.64. The van der Waals surface area contributed by atoms with E-state index in [4.69, 9.17) is 11.6 Å². The van der Waals surface area contributed by atoms with Crippen LogP contribution >= 0.6 is 23.4 Å². The van der Waals surface area contributed by atoms with Gasteiger partial charge < -0.3 is 5.32 Å². The number of nitrogens with one attached hydrogen (secondary N) is 1. The van der Waals surface area contributed by atoms with Crippen LogP contribution in [0, 0.1) is 5.82 Å². The number of carbonyl (C=O) groups is 1. The molecule has 1 saturated heterocycles. The number of halogens is 2. The predicted octanol–water partition coefficient (Wildman–Crippen LogP) is 3.03. The van der Waals surface area contributed by atoms with Crippen LogP contribution in [0.3, 0.4) is 0 Å². The standard InChI is InChI=1S/C16H15ClFN3O3S2/c17-11-2-1-3-12(18)14(11)16(22)19-15-10-6-25-7-13(10)20-21(15)9-4-5-26(23,24)8-9/h1-3,9H,4-8H2,(H,19,22). The van der Waals surface area contributed by atoms with E-state index in [1.54, 1.807) is 16.4 Å². The van der Waals surface area contributed by atoms with Crippen molar-refractivity contribution in [2.24, 2.45) is 0 Å².